The summed E-state index contributed by atoms with van der Waals surface area (Å²) in [4.78, 5) is 8.59. The molecule has 0 amide bonds. The van der Waals surface area contributed by atoms with Crippen molar-refractivity contribution < 1.29 is 0 Å². The fourth-order valence-electron chi connectivity index (χ4n) is 3.19. The Morgan fingerprint density at radius 3 is 2.72 bits per heavy atom. The lowest BCUT2D eigenvalue weighted by Crippen LogP contribution is -2.15. The number of nitrogens with two attached hydrogens (primary N) is 1. The first-order chi connectivity index (χ1) is 12.2. The molecule has 124 valence electrons. The summed E-state index contributed by atoms with van der Waals surface area (Å²) in [6.45, 7) is 0. The van der Waals surface area contributed by atoms with Gasteiger partial charge < -0.3 is 5.73 Å². The third-order valence-corrected chi connectivity index (χ3v) is 4.42. The van der Waals surface area contributed by atoms with Gasteiger partial charge in [-0.15, -0.1) is 0 Å². The maximum absolute atomic E-state index is 6.53. The van der Waals surface area contributed by atoms with E-state index in [2.05, 4.69) is 22.1 Å². The molecule has 0 radical (unpaired) electrons. The van der Waals surface area contributed by atoms with Crippen LogP contribution in [-0.4, -0.2) is 19.7 Å². The molecule has 0 aliphatic heterocycles. The van der Waals surface area contributed by atoms with Crippen molar-refractivity contribution in [3.8, 4) is 11.3 Å². The Bertz CT molecular complexity index is 1010. The van der Waals surface area contributed by atoms with E-state index in [0.717, 1.165) is 33.4 Å². The lowest BCUT2D eigenvalue weighted by atomic mass is 9.94. The summed E-state index contributed by atoms with van der Waals surface area (Å²) in [7, 11) is 1.93. The molecule has 4 aromatic rings. The maximum atomic E-state index is 6.53. The summed E-state index contributed by atoms with van der Waals surface area (Å²) < 4.78 is 1.86. The fourth-order valence-corrected chi connectivity index (χ4v) is 3.19. The minimum atomic E-state index is -0.148. The summed E-state index contributed by atoms with van der Waals surface area (Å²) in [5, 5.41) is 5.79. The van der Waals surface area contributed by atoms with E-state index >= 15 is 0 Å². The van der Waals surface area contributed by atoms with Gasteiger partial charge in [0.2, 0.25) is 0 Å². The van der Waals surface area contributed by atoms with Gasteiger partial charge in [-0.05, 0) is 23.8 Å². The zero-order valence-corrected chi connectivity index (χ0v) is 14.0. The van der Waals surface area contributed by atoms with Gasteiger partial charge in [0, 0.05) is 48.5 Å². The second-order valence-electron chi connectivity index (χ2n) is 6.08. The molecule has 1 atom stereocenters. The van der Waals surface area contributed by atoms with Crippen molar-refractivity contribution in [2.24, 2.45) is 12.8 Å². The molecule has 0 fully saturated rings. The van der Waals surface area contributed by atoms with Crippen molar-refractivity contribution in [2.75, 3.05) is 0 Å². The van der Waals surface area contributed by atoms with Crippen molar-refractivity contribution in [3.63, 3.8) is 0 Å². The first-order valence-corrected chi connectivity index (χ1v) is 8.25. The van der Waals surface area contributed by atoms with Gasteiger partial charge in [0.15, 0.2) is 0 Å². The Labute approximate surface area is 146 Å². The standard InChI is InChI=1S/C20H19N5/c1-25-19-13-22-11-9-17(19)20(24-25)16-8-3-2-7-15(16)18(21)12-14-6-4-5-10-23-14/h2-11,13,18H,12,21H2,1H3. The third kappa shape index (κ3) is 2.90. The summed E-state index contributed by atoms with van der Waals surface area (Å²) in [6.07, 6.45) is 6.11. The predicted octanol–water partition coefficient (Wildman–Crippen LogP) is 3.27. The number of aryl methyl sites for hydroxylation is 1. The van der Waals surface area contributed by atoms with E-state index in [0.29, 0.717) is 6.42 Å². The maximum Gasteiger partial charge on any atom is 0.101 e. The average molecular weight is 329 g/mol. The fraction of sp³-hybridized carbons (Fsp3) is 0.150. The number of aromatic nitrogens is 4. The smallest absolute Gasteiger partial charge is 0.101 e. The van der Waals surface area contributed by atoms with Gasteiger partial charge >= 0.3 is 0 Å². The Kier molecular flexibility index (Phi) is 3.99. The quantitative estimate of drug-likeness (QED) is 0.624. The monoisotopic (exact) mass is 329 g/mol. The minimum Gasteiger partial charge on any atom is -0.324 e. The first-order valence-electron chi connectivity index (χ1n) is 8.25. The summed E-state index contributed by atoms with van der Waals surface area (Å²) in [5.41, 5.74) is 11.6. The third-order valence-electron chi connectivity index (χ3n) is 4.42. The highest BCUT2D eigenvalue weighted by Crippen LogP contribution is 2.32. The van der Waals surface area contributed by atoms with E-state index in [-0.39, 0.29) is 6.04 Å². The first kappa shape index (κ1) is 15.5. The average Bonchev–Trinajstić information content (AvgIpc) is 3.00. The van der Waals surface area contributed by atoms with Crippen LogP contribution in [0.25, 0.3) is 22.2 Å². The molecule has 0 spiro atoms. The van der Waals surface area contributed by atoms with Crippen LogP contribution in [0.5, 0.6) is 0 Å². The van der Waals surface area contributed by atoms with Crippen LogP contribution < -0.4 is 5.73 Å². The van der Waals surface area contributed by atoms with Gasteiger partial charge in [0.25, 0.3) is 0 Å². The summed E-state index contributed by atoms with van der Waals surface area (Å²) in [5.74, 6) is 0. The molecule has 5 nitrogen and oxygen atoms in total. The van der Waals surface area contributed by atoms with Crippen molar-refractivity contribution in [3.05, 3.63) is 78.4 Å². The van der Waals surface area contributed by atoms with E-state index in [1.54, 1.807) is 12.4 Å². The molecule has 3 heterocycles. The normalized spacial score (nSPS) is 12.4. The lowest BCUT2D eigenvalue weighted by Gasteiger charge is -2.15. The molecule has 0 saturated carbocycles. The van der Waals surface area contributed by atoms with Crippen molar-refractivity contribution >= 4 is 10.9 Å². The van der Waals surface area contributed by atoms with Crippen LogP contribution in [0.3, 0.4) is 0 Å². The van der Waals surface area contributed by atoms with Crippen LogP contribution in [0.15, 0.2) is 67.1 Å². The van der Waals surface area contributed by atoms with Crippen LogP contribution in [0.1, 0.15) is 17.3 Å². The molecule has 0 saturated heterocycles. The Balaban J connectivity index is 1.79. The number of pyridine rings is 2. The molecule has 3 aromatic heterocycles. The highest BCUT2D eigenvalue weighted by Gasteiger charge is 2.17. The Morgan fingerprint density at radius 1 is 1.04 bits per heavy atom. The van der Waals surface area contributed by atoms with E-state index in [1.807, 2.05) is 54.3 Å². The molecule has 4 rings (SSSR count). The molecule has 0 aliphatic rings. The second kappa shape index (κ2) is 6.45. The Morgan fingerprint density at radius 2 is 1.88 bits per heavy atom. The molecular formula is C20H19N5. The van der Waals surface area contributed by atoms with Crippen LogP contribution in [0, 0.1) is 0 Å². The van der Waals surface area contributed by atoms with E-state index < -0.39 is 0 Å². The van der Waals surface area contributed by atoms with Gasteiger partial charge in [-0.25, -0.2) is 0 Å². The molecule has 25 heavy (non-hydrogen) atoms. The molecule has 1 unspecified atom stereocenters. The van der Waals surface area contributed by atoms with Crippen molar-refractivity contribution in [1.82, 2.24) is 19.7 Å². The number of nitrogens with zero attached hydrogens (tertiary/aromatic N) is 4. The van der Waals surface area contributed by atoms with Crippen LogP contribution in [0.4, 0.5) is 0 Å². The predicted molar refractivity (Wildman–Crippen MR) is 98.8 cm³/mol. The van der Waals surface area contributed by atoms with Gasteiger partial charge in [-0.1, -0.05) is 30.3 Å². The molecular weight excluding hydrogens is 310 g/mol. The number of hydrogen-bond donors (Lipinski definition) is 1. The largest absolute Gasteiger partial charge is 0.324 e. The number of fused-ring (bicyclic) bond motifs is 1. The van der Waals surface area contributed by atoms with Crippen molar-refractivity contribution in [2.45, 2.75) is 12.5 Å². The van der Waals surface area contributed by atoms with Gasteiger partial charge in [-0.2, -0.15) is 5.10 Å². The van der Waals surface area contributed by atoms with Crippen molar-refractivity contribution in [1.29, 1.82) is 0 Å². The number of hydrogen-bond acceptors (Lipinski definition) is 4. The number of rotatable bonds is 4. The highest BCUT2D eigenvalue weighted by atomic mass is 15.3. The van der Waals surface area contributed by atoms with Crippen LogP contribution in [-0.2, 0) is 13.5 Å². The van der Waals surface area contributed by atoms with E-state index in [1.165, 1.54) is 0 Å². The molecule has 0 aliphatic carbocycles. The van der Waals surface area contributed by atoms with Gasteiger partial charge in [0.1, 0.15) is 5.69 Å². The zero-order chi connectivity index (χ0) is 17.2. The van der Waals surface area contributed by atoms with E-state index in [9.17, 15) is 0 Å². The lowest BCUT2D eigenvalue weighted by molar-refractivity contribution is 0.707. The summed E-state index contributed by atoms with van der Waals surface area (Å²) in [6, 6.07) is 15.9. The Hall–Kier alpha value is -3.05. The second-order valence-corrected chi connectivity index (χ2v) is 6.08. The topological polar surface area (TPSA) is 69.6 Å². The zero-order valence-electron chi connectivity index (χ0n) is 14.0. The SMILES string of the molecule is Cn1nc(-c2ccccc2C(N)Cc2ccccn2)c2ccncc21. The highest BCUT2D eigenvalue weighted by molar-refractivity contribution is 5.93. The van der Waals surface area contributed by atoms with Crippen LogP contribution >= 0.6 is 0 Å². The van der Waals surface area contributed by atoms with Gasteiger partial charge in [-0.3, -0.25) is 14.6 Å². The minimum absolute atomic E-state index is 0.148. The number of benzene rings is 1. The summed E-state index contributed by atoms with van der Waals surface area (Å²) >= 11 is 0. The molecule has 2 N–H and O–H groups in total. The molecule has 5 heteroatoms. The molecule has 1 aromatic carbocycles. The molecule has 0 bridgehead atoms. The van der Waals surface area contributed by atoms with Crippen LogP contribution in [0.2, 0.25) is 0 Å². The van der Waals surface area contributed by atoms with Gasteiger partial charge in [0.05, 0.1) is 11.7 Å². The van der Waals surface area contributed by atoms with E-state index in [4.69, 9.17) is 10.8 Å².